The lowest BCUT2D eigenvalue weighted by Crippen LogP contribution is -2.15. The monoisotopic (exact) mass is 474 g/mol. The summed E-state index contributed by atoms with van der Waals surface area (Å²) < 4.78 is 55.5. The summed E-state index contributed by atoms with van der Waals surface area (Å²) in [6.45, 7) is 7.57. The van der Waals surface area contributed by atoms with Gasteiger partial charge in [0.15, 0.2) is 0 Å². The Labute approximate surface area is 189 Å². The Hall–Kier alpha value is -2.98. The molecule has 3 rings (SSSR count). The van der Waals surface area contributed by atoms with Crippen LogP contribution in [-0.2, 0) is 20.0 Å². The maximum atomic E-state index is 12.7. The fourth-order valence-corrected chi connectivity index (χ4v) is 5.14. The van der Waals surface area contributed by atoms with Gasteiger partial charge in [0.05, 0.1) is 9.79 Å². The highest BCUT2D eigenvalue weighted by molar-refractivity contribution is 7.93. The molecule has 2 N–H and O–H groups in total. The highest BCUT2D eigenvalue weighted by Crippen LogP contribution is 2.23. The smallest absolute Gasteiger partial charge is 0.263 e. The number of hydrogen-bond donors (Lipinski definition) is 2. The Balaban J connectivity index is 1.76. The van der Waals surface area contributed by atoms with Crippen LogP contribution in [0.5, 0.6) is 0 Å². The maximum Gasteiger partial charge on any atom is 0.263 e. The predicted octanol–water partition coefficient (Wildman–Crippen LogP) is 4.21. The van der Waals surface area contributed by atoms with E-state index in [0.29, 0.717) is 17.4 Å². The summed E-state index contributed by atoms with van der Waals surface area (Å²) in [6, 6.07) is 13.7. The minimum absolute atomic E-state index is 0.0210. The zero-order valence-electron chi connectivity index (χ0n) is 18.3. The molecule has 0 aliphatic heterocycles. The van der Waals surface area contributed by atoms with Crippen LogP contribution in [0, 0.1) is 13.8 Å². The largest absolute Gasteiger partial charge is 0.280 e. The number of benzene rings is 2. The van der Waals surface area contributed by atoms with Crippen LogP contribution in [0.15, 0.2) is 64.4 Å². The number of rotatable bonds is 8. The second kappa shape index (κ2) is 9.25. The van der Waals surface area contributed by atoms with Gasteiger partial charge in [0.2, 0.25) is 0 Å². The molecule has 1 unspecified atom stereocenters. The number of sulfonamides is 2. The third kappa shape index (κ3) is 5.63. The van der Waals surface area contributed by atoms with Crippen LogP contribution in [0.1, 0.15) is 43.3 Å². The maximum absolute atomic E-state index is 12.7. The molecule has 170 valence electrons. The molecule has 2 aromatic carbocycles. The van der Waals surface area contributed by atoms with Crippen LogP contribution < -0.4 is 9.44 Å². The summed E-state index contributed by atoms with van der Waals surface area (Å²) in [7, 11) is -7.69. The Kier molecular flexibility index (Phi) is 6.85. The Bertz CT molecular complexity index is 1280. The van der Waals surface area contributed by atoms with Gasteiger partial charge < -0.3 is 0 Å². The molecule has 0 saturated heterocycles. The van der Waals surface area contributed by atoms with Crippen molar-refractivity contribution < 1.29 is 16.8 Å². The van der Waals surface area contributed by atoms with Gasteiger partial charge in [-0.05, 0) is 68.1 Å². The van der Waals surface area contributed by atoms with Crippen molar-refractivity contribution in [3.63, 3.8) is 0 Å². The fraction of sp³-hybridized carbons (Fsp3) is 0.273. The van der Waals surface area contributed by atoms with Gasteiger partial charge in [-0.2, -0.15) is 0 Å². The third-order valence-electron chi connectivity index (χ3n) is 4.99. The van der Waals surface area contributed by atoms with Gasteiger partial charge in [-0.3, -0.25) is 9.44 Å². The van der Waals surface area contributed by atoms with Crippen LogP contribution in [0.25, 0.3) is 0 Å². The van der Waals surface area contributed by atoms with E-state index in [9.17, 15) is 16.8 Å². The fourth-order valence-electron chi connectivity index (χ4n) is 3.09. The number of aromatic nitrogens is 2. The van der Waals surface area contributed by atoms with E-state index in [1.54, 1.807) is 38.1 Å². The van der Waals surface area contributed by atoms with Crippen LogP contribution in [0.3, 0.4) is 0 Å². The van der Waals surface area contributed by atoms with E-state index in [2.05, 4.69) is 33.3 Å². The molecule has 0 amide bonds. The standard InChI is InChI=1S/C22H26N4O4S2/c1-5-15(2)18-6-10-20(11-7-18)31(27,28)25-19-8-12-21(13-9-19)32(29,30)26-22-14-16(3)23-17(4)24-22/h6-15,25H,5H2,1-4H3,(H,23,24,26). The summed E-state index contributed by atoms with van der Waals surface area (Å²) in [5.41, 5.74) is 1.96. The van der Waals surface area contributed by atoms with Crippen molar-refractivity contribution in [2.45, 2.75) is 49.8 Å². The Morgan fingerprint density at radius 3 is 1.88 bits per heavy atom. The quantitative estimate of drug-likeness (QED) is 0.505. The molecule has 32 heavy (non-hydrogen) atoms. The highest BCUT2D eigenvalue weighted by atomic mass is 32.2. The van der Waals surface area contributed by atoms with Gasteiger partial charge in [0.25, 0.3) is 20.0 Å². The van der Waals surface area contributed by atoms with E-state index in [0.717, 1.165) is 12.0 Å². The number of nitrogens with zero attached hydrogens (tertiary/aromatic N) is 2. The van der Waals surface area contributed by atoms with Gasteiger partial charge in [-0.25, -0.2) is 26.8 Å². The molecule has 1 heterocycles. The van der Waals surface area contributed by atoms with Crippen molar-refractivity contribution in [2.75, 3.05) is 9.44 Å². The first kappa shape index (κ1) is 23.7. The lowest BCUT2D eigenvalue weighted by Gasteiger charge is -2.12. The molecule has 10 heteroatoms. The average Bonchev–Trinajstić information content (AvgIpc) is 2.72. The average molecular weight is 475 g/mol. The van der Waals surface area contributed by atoms with Gasteiger partial charge in [0, 0.05) is 17.4 Å². The zero-order chi connectivity index (χ0) is 23.5. The van der Waals surface area contributed by atoms with E-state index >= 15 is 0 Å². The van der Waals surface area contributed by atoms with E-state index in [1.807, 2.05) is 0 Å². The lowest BCUT2D eigenvalue weighted by molar-refractivity contribution is 0.600. The summed E-state index contributed by atoms with van der Waals surface area (Å²) in [5.74, 6) is 0.961. The van der Waals surface area contributed by atoms with Crippen LogP contribution in [-0.4, -0.2) is 26.8 Å². The van der Waals surface area contributed by atoms with E-state index in [4.69, 9.17) is 0 Å². The first-order chi connectivity index (χ1) is 15.0. The highest BCUT2D eigenvalue weighted by Gasteiger charge is 2.18. The third-order valence-corrected chi connectivity index (χ3v) is 7.76. The van der Waals surface area contributed by atoms with E-state index in [1.165, 1.54) is 30.3 Å². The molecule has 3 aromatic rings. The van der Waals surface area contributed by atoms with Crippen LogP contribution >= 0.6 is 0 Å². The number of anilines is 2. The van der Waals surface area contributed by atoms with Crippen molar-refractivity contribution in [3.05, 3.63) is 71.7 Å². The Morgan fingerprint density at radius 1 is 0.812 bits per heavy atom. The summed E-state index contributed by atoms with van der Waals surface area (Å²) in [6.07, 6.45) is 0.963. The first-order valence-electron chi connectivity index (χ1n) is 10.1. The van der Waals surface area contributed by atoms with Crippen LogP contribution in [0.2, 0.25) is 0 Å². The summed E-state index contributed by atoms with van der Waals surface area (Å²) in [4.78, 5) is 8.30. The molecule has 0 aliphatic rings. The topological polar surface area (TPSA) is 118 Å². The van der Waals surface area contributed by atoms with Crippen LogP contribution in [0.4, 0.5) is 11.5 Å². The molecule has 1 atom stereocenters. The molecular formula is C22H26N4O4S2. The van der Waals surface area contributed by atoms with Crippen molar-refractivity contribution >= 4 is 31.6 Å². The van der Waals surface area contributed by atoms with Crippen molar-refractivity contribution in [1.82, 2.24) is 9.97 Å². The molecule has 0 radical (unpaired) electrons. The first-order valence-corrected chi connectivity index (χ1v) is 13.0. The van der Waals surface area contributed by atoms with Crippen molar-refractivity contribution in [2.24, 2.45) is 0 Å². The Morgan fingerprint density at radius 2 is 1.34 bits per heavy atom. The van der Waals surface area contributed by atoms with E-state index < -0.39 is 20.0 Å². The molecule has 8 nitrogen and oxygen atoms in total. The normalized spacial score (nSPS) is 12.9. The second-order valence-electron chi connectivity index (χ2n) is 7.56. The lowest BCUT2D eigenvalue weighted by atomic mass is 9.99. The number of nitrogens with one attached hydrogen (secondary N) is 2. The second-order valence-corrected chi connectivity index (χ2v) is 10.9. The van der Waals surface area contributed by atoms with Gasteiger partial charge in [-0.15, -0.1) is 0 Å². The number of hydrogen-bond acceptors (Lipinski definition) is 6. The van der Waals surface area contributed by atoms with Gasteiger partial charge in [-0.1, -0.05) is 26.0 Å². The molecular weight excluding hydrogens is 448 g/mol. The van der Waals surface area contributed by atoms with E-state index in [-0.39, 0.29) is 21.3 Å². The number of aryl methyl sites for hydroxylation is 2. The summed E-state index contributed by atoms with van der Waals surface area (Å²) >= 11 is 0. The minimum atomic E-state index is -3.89. The van der Waals surface area contributed by atoms with Crippen molar-refractivity contribution in [1.29, 1.82) is 0 Å². The van der Waals surface area contributed by atoms with Gasteiger partial charge in [0.1, 0.15) is 11.6 Å². The van der Waals surface area contributed by atoms with Gasteiger partial charge >= 0.3 is 0 Å². The molecule has 0 saturated carbocycles. The van der Waals surface area contributed by atoms with Crippen molar-refractivity contribution in [3.8, 4) is 0 Å². The predicted molar refractivity (Wildman–Crippen MR) is 125 cm³/mol. The molecule has 1 aromatic heterocycles. The molecule has 0 spiro atoms. The zero-order valence-corrected chi connectivity index (χ0v) is 20.0. The summed E-state index contributed by atoms with van der Waals surface area (Å²) in [5, 5.41) is 0. The molecule has 0 bridgehead atoms. The molecule has 0 fully saturated rings. The molecule has 0 aliphatic carbocycles. The SMILES string of the molecule is CCC(C)c1ccc(S(=O)(=O)Nc2ccc(S(=O)(=O)Nc3cc(C)nc(C)n3)cc2)cc1. The minimum Gasteiger partial charge on any atom is -0.280 e.